The third-order valence-electron chi connectivity index (χ3n) is 7.79. The van der Waals surface area contributed by atoms with Crippen molar-refractivity contribution in [3.8, 4) is 0 Å². The van der Waals surface area contributed by atoms with E-state index in [-0.39, 0.29) is 29.8 Å². The summed E-state index contributed by atoms with van der Waals surface area (Å²) in [6, 6.07) is 31.4. The van der Waals surface area contributed by atoms with Gasteiger partial charge in [0.25, 0.3) is 10.0 Å². The molecular formula is C36H40BrN3O4S. The Morgan fingerprint density at radius 1 is 0.800 bits per heavy atom. The molecule has 0 aliphatic carbocycles. The third-order valence-corrected chi connectivity index (χ3v) is 10.1. The van der Waals surface area contributed by atoms with Gasteiger partial charge >= 0.3 is 0 Å². The van der Waals surface area contributed by atoms with Crippen molar-refractivity contribution in [3.05, 3.63) is 130 Å². The third kappa shape index (κ3) is 8.83. The van der Waals surface area contributed by atoms with Crippen molar-refractivity contribution in [1.82, 2.24) is 10.2 Å². The highest BCUT2D eigenvalue weighted by Crippen LogP contribution is 2.28. The van der Waals surface area contributed by atoms with Crippen molar-refractivity contribution in [3.63, 3.8) is 0 Å². The molecule has 7 nitrogen and oxygen atoms in total. The molecule has 4 aromatic carbocycles. The van der Waals surface area contributed by atoms with Crippen LogP contribution in [0.25, 0.3) is 0 Å². The lowest BCUT2D eigenvalue weighted by Gasteiger charge is -2.34. The van der Waals surface area contributed by atoms with E-state index in [0.29, 0.717) is 12.1 Å². The topological polar surface area (TPSA) is 86.8 Å². The van der Waals surface area contributed by atoms with E-state index in [4.69, 9.17) is 0 Å². The molecule has 0 heterocycles. The van der Waals surface area contributed by atoms with Gasteiger partial charge < -0.3 is 10.2 Å². The lowest BCUT2D eigenvalue weighted by Crippen LogP contribution is -2.54. The number of sulfonamides is 1. The first kappa shape index (κ1) is 33.9. The molecule has 0 fully saturated rings. The zero-order valence-corrected chi connectivity index (χ0v) is 28.3. The Morgan fingerprint density at radius 2 is 1.40 bits per heavy atom. The number of carbonyl (C=O) groups is 2. The molecule has 4 aromatic rings. The standard InChI is InChI=1S/C36H40BrN3O4S/c1-4-27(3)38-36(42)34(24-28-14-8-6-9-15-28)39(25-29-20-22-31(37)23-21-29)35(41)26-40(33-19-13-12-16-30(33)5-2)45(43,44)32-17-10-7-11-18-32/h6-23,27,34H,4-5,24-26H2,1-3H3,(H,38,42)/t27-,34+/m0/s1. The molecule has 2 atom stereocenters. The number of anilines is 1. The van der Waals surface area contributed by atoms with E-state index >= 15 is 0 Å². The molecule has 9 heteroatoms. The number of halogens is 1. The fourth-order valence-corrected chi connectivity index (χ4v) is 6.81. The molecule has 0 saturated heterocycles. The van der Waals surface area contributed by atoms with E-state index in [9.17, 15) is 18.0 Å². The first-order valence-electron chi connectivity index (χ1n) is 15.2. The molecule has 0 radical (unpaired) electrons. The molecule has 0 aliphatic heterocycles. The zero-order chi connectivity index (χ0) is 32.4. The molecule has 0 aliphatic rings. The van der Waals surface area contributed by atoms with Crippen LogP contribution in [-0.4, -0.2) is 43.8 Å². The molecule has 0 unspecified atom stereocenters. The summed E-state index contributed by atoms with van der Waals surface area (Å²) in [6.07, 6.45) is 1.56. The minimum atomic E-state index is -4.14. The van der Waals surface area contributed by atoms with Crippen LogP contribution in [0, 0.1) is 0 Å². The summed E-state index contributed by atoms with van der Waals surface area (Å²) >= 11 is 3.47. The monoisotopic (exact) mass is 689 g/mol. The van der Waals surface area contributed by atoms with Gasteiger partial charge in [-0.05, 0) is 66.8 Å². The average Bonchev–Trinajstić information content (AvgIpc) is 3.06. The summed E-state index contributed by atoms with van der Waals surface area (Å²) in [4.78, 5) is 30.1. The van der Waals surface area contributed by atoms with Gasteiger partial charge in [0.1, 0.15) is 12.6 Å². The molecule has 236 valence electrons. The van der Waals surface area contributed by atoms with Crippen LogP contribution >= 0.6 is 15.9 Å². The lowest BCUT2D eigenvalue weighted by molar-refractivity contribution is -0.140. The van der Waals surface area contributed by atoms with E-state index < -0.39 is 28.5 Å². The number of carbonyl (C=O) groups excluding carboxylic acids is 2. The molecular weight excluding hydrogens is 650 g/mol. The van der Waals surface area contributed by atoms with Crippen molar-refractivity contribution in [2.75, 3.05) is 10.8 Å². The SMILES string of the molecule is CCc1ccccc1N(CC(=O)N(Cc1ccc(Br)cc1)[C@H](Cc1ccccc1)C(=O)N[C@@H](C)CC)S(=O)(=O)c1ccccc1. The molecule has 2 amide bonds. The minimum absolute atomic E-state index is 0.0820. The van der Waals surface area contributed by atoms with E-state index in [0.717, 1.165) is 27.6 Å². The Hall–Kier alpha value is -3.95. The van der Waals surface area contributed by atoms with Crippen LogP contribution in [0.3, 0.4) is 0 Å². The van der Waals surface area contributed by atoms with E-state index in [1.165, 1.54) is 21.3 Å². The Kier molecular flexibility index (Phi) is 12.0. The number of nitrogens with zero attached hydrogens (tertiary/aromatic N) is 2. The van der Waals surface area contributed by atoms with Crippen LogP contribution in [-0.2, 0) is 39.0 Å². The summed E-state index contributed by atoms with van der Waals surface area (Å²) < 4.78 is 30.5. The number of benzene rings is 4. The van der Waals surface area contributed by atoms with Gasteiger partial charge in [0.15, 0.2) is 0 Å². The van der Waals surface area contributed by atoms with Gasteiger partial charge in [0.2, 0.25) is 11.8 Å². The van der Waals surface area contributed by atoms with Crippen molar-refractivity contribution >= 4 is 43.5 Å². The van der Waals surface area contributed by atoms with Crippen LogP contribution in [0.15, 0.2) is 119 Å². The van der Waals surface area contributed by atoms with E-state index in [1.54, 1.807) is 30.3 Å². The van der Waals surface area contributed by atoms with Crippen molar-refractivity contribution in [2.45, 2.75) is 63.6 Å². The minimum Gasteiger partial charge on any atom is -0.352 e. The molecule has 0 saturated carbocycles. The van der Waals surface area contributed by atoms with Gasteiger partial charge in [-0.25, -0.2) is 8.42 Å². The largest absolute Gasteiger partial charge is 0.352 e. The Morgan fingerprint density at radius 3 is 2.02 bits per heavy atom. The highest BCUT2D eigenvalue weighted by Gasteiger charge is 2.35. The number of hydrogen-bond acceptors (Lipinski definition) is 4. The number of aryl methyl sites for hydroxylation is 1. The number of hydrogen-bond donors (Lipinski definition) is 1. The quantitative estimate of drug-likeness (QED) is 0.159. The van der Waals surface area contributed by atoms with Crippen LogP contribution in [0.4, 0.5) is 5.69 Å². The van der Waals surface area contributed by atoms with Crippen LogP contribution in [0.5, 0.6) is 0 Å². The molecule has 4 rings (SSSR count). The van der Waals surface area contributed by atoms with Gasteiger partial charge in [-0.2, -0.15) is 0 Å². The first-order chi connectivity index (χ1) is 21.6. The molecule has 45 heavy (non-hydrogen) atoms. The Bertz CT molecular complexity index is 1670. The van der Waals surface area contributed by atoms with Crippen molar-refractivity contribution < 1.29 is 18.0 Å². The number of nitrogens with one attached hydrogen (secondary N) is 1. The van der Waals surface area contributed by atoms with Crippen molar-refractivity contribution in [2.24, 2.45) is 0 Å². The summed E-state index contributed by atoms with van der Waals surface area (Å²) in [5.74, 6) is -0.770. The molecule has 0 spiro atoms. The lowest BCUT2D eigenvalue weighted by atomic mass is 10.0. The van der Waals surface area contributed by atoms with Gasteiger partial charge in [-0.3, -0.25) is 13.9 Å². The van der Waals surface area contributed by atoms with Crippen LogP contribution in [0.1, 0.15) is 43.9 Å². The second-order valence-corrected chi connectivity index (χ2v) is 13.8. The fraction of sp³-hybridized carbons (Fsp3) is 0.278. The maximum Gasteiger partial charge on any atom is 0.264 e. The Balaban J connectivity index is 1.82. The maximum absolute atomic E-state index is 14.6. The Labute approximate surface area is 275 Å². The first-order valence-corrected chi connectivity index (χ1v) is 17.4. The molecule has 0 aromatic heterocycles. The number of para-hydroxylation sites is 1. The second kappa shape index (κ2) is 15.9. The highest BCUT2D eigenvalue weighted by molar-refractivity contribution is 9.10. The average molecular weight is 691 g/mol. The van der Waals surface area contributed by atoms with Crippen molar-refractivity contribution in [1.29, 1.82) is 0 Å². The summed E-state index contributed by atoms with van der Waals surface area (Å²) in [5.41, 5.74) is 2.93. The summed E-state index contributed by atoms with van der Waals surface area (Å²) in [6.45, 7) is 5.50. The van der Waals surface area contributed by atoms with Gasteiger partial charge in [0, 0.05) is 23.5 Å². The smallest absolute Gasteiger partial charge is 0.264 e. The maximum atomic E-state index is 14.6. The molecule has 0 bridgehead atoms. The van der Waals surface area contributed by atoms with Crippen LogP contribution in [0.2, 0.25) is 0 Å². The van der Waals surface area contributed by atoms with Gasteiger partial charge in [0.05, 0.1) is 10.6 Å². The number of rotatable bonds is 14. The predicted molar refractivity (Wildman–Crippen MR) is 183 cm³/mol. The fourth-order valence-electron chi connectivity index (χ4n) is 5.07. The summed E-state index contributed by atoms with van der Waals surface area (Å²) in [5, 5.41) is 3.07. The van der Waals surface area contributed by atoms with Crippen LogP contribution < -0.4 is 9.62 Å². The second-order valence-electron chi connectivity index (χ2n) is 11.0. The van der Waals surface area contributed by atoms with Gasteiger partial charge in [-0.1, -0.05) is 109 Å². The number of amides is 2. The highest BCUT2D eigenvalue weighted by atomic mass is 79.9. The normalized spacial score (nSPS) is 12.6. The predicted octanol–water partition coefficient (Wildman–Crippen LogP) is 6.76. The molecule has 1 N–H and O–H groups in total. The van der Waals surface area contributed by atoms with E-state index in [1.807, 2.05) is 87.5 Å². The summed E-state index contributed by atoms with van der Waals surface area (Å²) in [7, 11) is -4.14. The van der Waals surface area contributed by atoms with Gasteiger partial charge in [-0.15, -0.1) is 0 Å². The zero-order valence-electron chi connectivity index (χ0n) is 25.9. The van der Waals surface area contributed by atoms with E-state index in [2.05, 4.69) is 21.2 Å².